The van der Waals surface area contributed by atoms with Crippen LogP contribution in [0.25, 0.3) is 11.0 Å². The molecule has 3 aromatic heterocycles. The molecular formula is C42H54N6O7S2. The SMILES string of the molecule is O=C1CCC2C(N1)C(O)CCC2[C@@H](O)CNCc1cc2nnn(CCCN3CCC4(CC3)C[C@@H](OC(=O)C(O)(c3cccs3)c3cccs3)CO4)c2c2c1CCC2. The maximum absolute atomic E-state index is 13.5. The van der Waals surface area contributed by atoms with Gasteiger partial charge in [0.05, 0.1) is 45.7 Å². The quantitative estimate of drug-likeness (QED) is 0.125. The Morgan fingerprint density at radius 3 is 2.61 bits per heavy atom. The lowest BCUT2D eigenvalue weighted by atomic mass is 9.68. The average molecular weight is 819 g/mol. The molecule has 0 bridgehead atoms. The molecule has 306 valence electrons. The van der Waals surface area contributed by atoms with Crippen molar-refractivity contribution in [3.05, 3.63) is 67.5 Å². The summed E-state index contributed by atoms with van der Waals surface area (Å²) < 4.78 is 14.4. The number of rotatable bonds is 13. The summed E-state index contributed by atoms with van der Waals surface area (Å²) in [5, 5.41) is 52.9. The highest BCUT2D eigenvalue weighted by atomic mass is 32.1. The first-order valence-electron chi connectivity index (χ1n) is 20.8. The van der Waals surface area contributed by atoms with Crippen molar-refractivity contribution in [2.24, 2.45) is 11.8 Å². The Morgan fingerprint density at radius 2 is 1.86 bits per heavy atom. The van der Waals surface area contributed by atoms with Gasteiger partial charge in [-0.2, -0.15) is 0 Å². The maximum atomic E-state index is 13.5. The van der Waals surface area contributed by atoms with Gasteiger partial charge in [0.15, 0.2) is 0 Å². The van der Waals surface area contributed by atoms with Gasteiger partial charge in [-0.3, -0.25) is 4.79 Å². The lowest BCUT2D eigenvalue weighted by molar-refractivity contribution is -0.167. The van der Waals surface area contributed by atoms with Gasteiger partial charge in [0.25, 0.3) is 0 Å². The Kier molecular flexibility index (Phi) is 11.3. The Balaban J connectivity index is 0.755. The Labute approximate surface area is 340 Å². The molecule has 9 rings (SSSR count). The minimum Gasteiger partial charge on any atom is -0.457 e. The second kappa shape index (κ2) is 16.4. The first-order chi connectivity index (χ1) is 27.7. The third-order valence-electron chi connectivity index (χ3n) is 13.5. The fraction of sp³-hybridized carbons (Fsp3) is 0.619. The van der Waals surface area contributed by atoms with Crippen LogP contribution in [0.2, 0.25) is 0 Å². The molecule has 13 nitrogen and oxygen atoms in total. The number of amides is 1. The van der Waals surface area contributed by atoms with Gasteiger partial charge in [0, 0.05) is 45.6 Å². The summed E-state index contributed by atoms with van der Waals surface area (Å²) >= 11 is 2.69. The molecule has 1 saturated carbocycles. The van der Waals surface area contributed by atoms with E-state index in [1.165, 1.54) is 39.4 Å². The fourth-order valence-corrected chi connectivity index (χ4v) is 12.2. The molecule has 4 unspecified atom stereocenters. The van der Waals surface area contributed by atoms with E-state index in [0.717, 1.165) is 82.2 Å². The Morgan fingerprint density at radius 1 is 1.09 bits per heavy atom. The maximum Gasteiger partial charge on any atom is 0.349 e. The van der Waals surface area contributed by atoms with Crippen LogP contribution >= 0.6 is 22.7 Å². The number of esters is 1. The molecule has 57 heavy (non-hydrogen) atoms. The number of nitrogens with zero attached hydrogens (tertiary/aromatic N) is 4. The first-order valence-corrected chi connectivity index (χ1v) is 22.6. The molecule has 1 amide bonds. The number of aliphatic hydroxyl groups is 3. The summed E-state index contributed by atoms with van der Waals surface area (Å²) in [7, 11) is 0. The predicted octanol–water partition coefficient (Wildman–Crippen LogP) is 3.65. The van der Waals surface area contributed by atoms with E-state index in [-0.39, 0.29) is 29.4 Å². The summed E-state index contributed by atoms with van der Waals surface area (Å²) in [5.74, 6) is -0.498. The van der Waals surface area contributed by atoms with Crippen molar-refractivity contribution in [2.45, 2.75) is 119 Å². The van der Waals surface area contributed by atoms with Crippen LogP contribution < -0.4 is 10.6 Å². The van der Waals surface area contributed by atoms with Crippen molar-refractivity contribution in [1.82, 2.24) is 30.5 Å². The van der Waals surface area contributed by atoms with E-state index >= 15 is 0 Å². The summed E-state index contributed by atoms with van der Waals surface area (Å²) in [6, 6.07) is 9.13. The van der Waals surface area contributed by atoms with Crippen molar-refractivity contribution in [1.29, 1.82) is 0 Å². The number of fused-ring (bicyclic) bond motifs is 4. The average Bonchev–Trinajstić information content (AvgIpc) is 4.07. The van der Waals surface area contributed by atoms with E-state index in [9.17, 15) is 24.9 Å². The molecule has 6 heterocycles. The van der Waals surface area contributed by atoms with E-state index in [4.69, 9.17) is 9.47 Å². The number of thiophene rings is 2. The number of carbonyl (C=O) groups is 2. The van der Waals surface area contributed by atoms with Crippen molar-refractivity contribution in [3.63, 3.8) is 0 Å². The van der Waals surface area contributed by atoms with Crippen molar-refractivity contribution in [2.75, 3.05) is 32.8 Å². The summed E-state index contributed by atoms with van der Waals surface area (Å²) in [6.07, 6.45) is 7.54. The standard InChI is InChI=1S/C42H54N6O7S2/c49-33-11-9-29(30-10-12-37(51)44-38(30)33)34(50)24-43-23-26-21-32-39(31-6-1-5-28(26)31)48(46-45-32)16-4-15-47-17-13-41(14-18-47)22-27(25-54-41)55-40(52)42(53,35-7-2-19-56-35)36-8-3-20-57-36/h2-3,7-8,19-21,27,29-30,33-34,38,43,49-50,53H,1,4-6,9-18,22-25H2,(H,44,51)/t27-,29?,30?,33?,34+,38?/m1/s1. The largest absolute Gasteiger partial charge is 0.457 e. The molecular weight excluding hydrogens is 765 g/mol. The molecule has 15 heteroatoms. The zero-order chi connectivity index (χ0) is 39.1. The number of aryl methyl sites for hydroxylation is 2. The number of benzene rings is 1. The number of piperidine rings is 2. The van der Waals surface area contributed by atoms with E-state index < -0.39 is 29.9 Å². The van der Waals surface area contributed by atoms with Gasteiger partial charge in [0.2, 0.25) is 11.5 Å². The summed E-state index contributed by atoms with van der Waals surface area (Å²) in [6.45, 7) is 5.02. The van der Waals surface area contributed by atoms with E-state index in [0.29, 0.717) is 55.1 Å². The minimum absolute atomic E-state index is 0.00569. The summed E-state index contributed by atoms with van der Waals surface area (Å²) in [4.78, 5) is 29.1. The van der Waals surface area contributed by atoms with Gasteiger partial charge >= 0.3 is 5.97 Å². The molecule has 3 aliphatic heterocycles. The highest BCUT2D eigenvalue weighted by Crippen LogP contribution is 2.42. The van der Waals surface area contributed by atoms with Crippen LogP contribution in [0.1, 0.15) is 84.2 Å². The van der Waals surface area contributed by atoms with Crippen LogP contribution in [-0.4, -0.2) is 110 Å². The van der Waals surface area contributed by atoms with Gasteiger partial charge < -0.3 is 40.3 Å². The van der Waals surface area contributed by atoms with Crippen molar-refractivity contribution >= 4 is 45.6 Å². The molecule has 1 spiro atoms. The van der Waals surface area contributed by atoms with Crippen LogP contribution in [0.4, 0.5) is 0 Å². The molecule has 3 saturated heterocycles. The zero-order valence-electron chi connectivity index (χ0n) is 32.3. The summed E-state index contributed by atoms with van der Waals surface area (Å²) in [5.41, 5.74) is 3.92. The highest BCUT2D eigenvalue weighted by molar-refractivity contribution is 7.12. The third kappa shape index (κ3) is 7.70. The van der Waals surface area contributed by atoms with Crippen molar-refractivity contribution < 1.29 is 34.4 Å². The van der Waals surface area contributed by atoms with Crippen LogP contribution in [0.3, 0.4) is 0 Å². The number of carbonyl (C=O) groups excluding carboxylic acids is 2. The molecule has 5 N–H and O–H groups in total. The molecule has 2 aliphatic carbocycles. The number of nitrogens with one attached hydrogen (secondary N) is 2. The predicted molar refractivity (Wildman–Crippen MR) is 216 cm³/mol. The number of aliphatic hydroxyl groups excluding tert-OH is 2. The van der Waals surface area contributed by atoms with Gasteiger partial charge in [-0.25, -0.2) is 9.48 Å². The zero-order valence-corrected chi connectivity index (χ0v) is 33.9. The van der Waals surface area contributed by atoms with Crippen LogP contribution in [0.5, 0.6) is 0 Å². The molecule has 4 aromatic rings. The van der Waals surface area contributed by atoms with E-state index in [1.54, 1.807) is 12.1 Å². The number of aromatic nitrogens is 3. The lowest BCUT2D eigenvalue weighted by Crippen LogP contribution is -2.58. The second-order valence-corrected chi connectivity index (χ2v) is 18.8. The molecule has 4 fully saturated rings. The molecule has 5 aliphatic rings. The lowest BCUT2D eigenvalue weighted by Gasteiger charge is -2.45. The smallest absolute Gasteiger partial charge is 0.349 e. The van der Waals surface area contributed by atoms with E-state index in [1.807, 2.05) is 22.9 Å². The Bertz CT molecular complexity index is 2000. The number of ether oxygens (including phenoxy) is 2. The normalized spacial score (nSPS) is 26.7. The van der Waals surface area contributed by atoms with Gasteiger partial charge in [-0.15, -0.1) is 27.8 Å². The van der Waals surface area contributed by atoms with Gasteiger partial charge in [0.1, 0.15) is 11.6 Å². The molecule has 6 atom stereocenters. The number of likely N-dealkylation sites (tertiary alicyclic amines) is 1. The topological polar surface area (TPSA) is 171 Å². The van der Waals surface area contributed by atoms with Gasteiger partial charge in [-0.05, 0) is 122 Å². The third-order valence-corrected chi connectivity index (χ3v) is 15.4. The van der Waals surface area contributed by atoms with Gasteiger partial charge in [-0.1, -0.05) is 17.3 Å². The highest BCUT2D eigenvalue weighted by Gasteiger charge is 2.49. The minimum atomic E-state index is -1.81. The van der Waals surface area contributed by atoms with Crippen LogP contribution in [0, 0.1) is 11.8 Å². The Hall–Kier alpha value is -3.28. The van der Waals surface area contributed by atoms with Crippen molar-refractivity contribution in [3.8, 4) is 0 Å². The van der Waals surface area contributed by atoms with Crippen LogP contribution in [0.15, 0.2) is 41.1 Å². The number of hydrogen-bond donors (Lipinski definition) is 5. The molecule has 0 radical (unpaired) electrons. The van der Waals surface area contributed by atoms with E-state index in [2.05, 4.69) is 36.6 Å². The van der Waals surface area contributed by atoms with Crippen LogP contribution in [-0.2, 0) is 50.6 Å². The molecule has 1 aromatic carbocycles. The first kappa shape index (κ1) is 39.2. The second-order valence-electron chi connectivity index (χ2n) is 16.9. The fourth-order valence-electron chi connectivity index (χ4n) is 10.5. The monoisotopic (exact) mass is 818 g/mol. The number of hydrogen-bond acceptors (Lipinski definition) is 13.